The minimum atomic E-state index is 0.0380. The van der Waals surface area contributed by atoms with Gasteiger partial charge in [-0.25, -0.2) is 0 Å². The molecule has 1 aromatic rings. The molecule has 0 aliphatic carbocycles. The number of likely N-dealkylation sites (tertiary alicyclic amines) is 1. The van der Waals surface area contributed by atoms with Crippen molar-refractivity contribution in [3.63, 3.8) is 0 Å². The van der Waals surface area contributed by atoms with E-state index in [1.807, 2.05) is 24.3 Å². The molecule has 1 fully saturated rings. The lowest BCUT2D eigenvalue weighted by atomic mass is 10.1. The molecule has 2 N–H and O–H groups in total. The lowest BCUT2D eigenvalue weighted by Crippen LogP contribution is -2.47. The van der Waals surface area contributed by atoms with Gasteiger partial charge in [0.1, 0.15) is 0 Å². The van der Waals surface area contributed by atoms with Crippen LogP contribution in [0.3, 0.4) is 0 Å². The highest BCUT2D eigenvalue weighted by molar-refractivity contribution is 5.94. The van der Waals surface area contributed by atoms with Crippen LogP contribution in [0.5, 0.6) is 0 Å². The Labute approximate surface area is 121 Å². The fraction of sp³-hybridized carbons (Fsp3) is 0.562. The van der Waals surface area contributed by atoms with Gasteiger partial charge in [0.15, 0.2) is 0 Å². The highest BCUT2D eigenvalue weighted by Crippen LogP contribution is 2.12. The second-order valence-corrected chi connectivity index (χ2v) is 5.31. The van der Waals surface area contributed by atoms with Gasteiger partial charge in [-0.1, -0.05) is 6.92 Å². The zero-order valence-electron chi connectivity index (χ0n) is 12.5. The van der Waals surface area contributed by atoms with Crippen LogP contribution in [0.25, 0.3) is 0 Å². The standard InChI is InChI=1S/C16H25N3O/c1-3-17-14-9-7-13(8-10-14)16(20)18-15-6-5-11-19(4-2)12-15/h7-10,15,17H,3-6,11-12H2,1-2H3,(H,18,20). The number of piperidine rings is 1. The zero-order chi connectivity index (χ0) is 14.4. The Morgan fingerprint density at radius 1 is 1.30 bits per heavy atom. The van der Waals surface area contributed by atoms with Gasteiger partial charge < -0.3 is 15.5 Å². The Kier molecular flexibility index (Phi) is 5.41. The van der Waals surface area contributed by atoms with E-state index in [2.05, 4.69) is 29.4 Å². The summed E-state index contributed by atoms with van der Waals surface area (Å²) in [6.45, 7) is 8.30. The average Bonchev–Trinajstić information content (AvgIpc) is 2.48. The fourth-order valence-electron chi connectivity index (χ4n) is 2.67. The number of nitrogens with one attached hydrogen (secondary N) is 2. The van der Waals surface area contributed by atoms with E-state index in [0.29, 0.717) is 0 Å². The SMILES string of the molecule is CCNc1ccc(C(=O)NC2CCCN(CC)C2)cc1. The summed E-state index contributed by atoms with van der Waals surface area (Å²) in [7, 11) is 0. The van der Waals surface area contributed by atoms with Crippen LogP contribution in [0.1, 0.15) is 37.0 Å². The largest absolute Gasteiger partial charge is 0.385 e. The van der Waals surface area contributed by atoms with Gasteiger partial charge in [-0.05, 0) is 57.1 Å². The maximum absolute atomic E-state index is 12.2. The van der Waals surface area contributed by atoms with E-state index in [1.165, 1.54) is 0 Å². The minimum absolute atomic E-state index is 0.0380. The van der Waals surface area contributed by atoms with E-state index in [9.17, 15) is 4.79 Å². The summed E-state index contributed by atoms with van der Waals surface area (Å²) in [4.78, 5) is 14.6. The Hall–Kier alpha value is -1.55. The molecule has 1 heterocycles. The molecule has 4 heteroatoms. The smallest absolute Gasteiger partial charge is 0.251 e. The number of amides is 1. The van der Waals surface area contributed by atoms with Gasteiger partial charge in [-0.2, -0.15) is 0 Å². The number of likely N-dealkylation sites (N-methyl/N-ethyl adjacent to an activating group) is 1. The number of carbonyl (C=O) groups is 1. The molecule has 4 nitrogen and oxygen atoms in total. The average molecular weight is 275 g/mol. The Bertz CT molecular complexity index is 430. The topological polar surface area (TPSA) is 44.4 Å². The van der Waals surface area contributed by atoms with Crippen LogP contribution in [-0.2, 0) is 0 Å². The zero-order valence-corrected chi connectivity index (χ0v) is 12.5. The molecule has 0 spiro atoms. The summed E-state index contributed by atoms with van der Waals surface area (Å²) >= 11 is 0. The predicted molar refractivity (Wildman–Crippen MR) is 83.2 cm³/mol. The number of hydrogen-bond donors (Lipinski definition) is 2. The van der Waals surface area contributed by atoms with Crippen molar-refractivity contribution >= 4 is 11.6 Å². The Morgan fingerprint density at radius 3 is 2.70 bits per heavy atom. The number of rotatable bonds is 5. The van der Waals surface area contributed by atoms with Gasteiger partial charge in [-0.15, -0.1) is 0 Å². The molecule has 1 saturated heterocycles. The molecular formula is C16H25N3O. The molecule has 20 heavy (non-hydrogen) atoms. The highest BCUT2D eigenvalue weighted by Gasteiger charge is 2.20. The van der Waals surface area contributed by atoms with E-state index >= 15 is 0 Å². The first kappa shape index (κ1) is 14.9. The van der Waals surface area contributed by atoms with Crippen LogP contribution in [0.2, 0.25) is 0 Å². The number of carbonyl (C=O) groups excluding carboxylic acids is 1. The summed E-state index contributed by atoms with van der Waals surface area (Å²) in [5, 5.41) is 6.38. The molecule has 0 aromatic heterocycles. The molecule has 1 unspecified atom stereocenters. The number of anilines is 1. The Balaban J connectivity index is 1.90. The monoisotopic (exact) mass is 275 g/mol. The van der Waals surface area contributed by atoms with Crippen molar-refractivity contribution in [1.82, 2.24) is 10.2 Å². The highest BCUT2D eigenvalue weighted by atomic mass is 16.1. The van der Waals surface area contributed by atoms with Crippen LogP contribution in [0.15, 0.2) is 24.3 Å². The fourth-order valence-corrected chi connectivity index (χ4v) is 2.67. The first-order chi connectivity index (χ1) is 9.72. The second kappa shape index (κ2) is 7.29. The molecule has 0 saturated carbocycles. The number of benzene rings is 1. The third-order valence-corrected chi connectivity index (χ3v) is 3.82. The first-order valence-corrected chi connectivity index (χ1v) is 7.60. The van der Waals surface area contributed by atoms with Gasteiger partial charge in [0.25, 0.3) is 5.91 Å². The summed E-state index contributed by atoms with van der Waals surface area (Å²) in [5.74, 6) is 0.0380. The Morgan fingerprint density at radius 2 is 2.05 bits per heavy atom. The molecule has 110 valence electrons. The molecule has 2 rings (SSSR count). The van der Waals surface area contributed by atoms with Crippen molar-refractivity contribution < 1.29 is 4.79 Å². The molecule has 0 bridgehead atoms. The summed E-state index contributed by atoms with van der Waals surface area (Å²) in [6, 6.07) is 7.96. The third-order valence-electron chi connectivity index (χ3n) is 3.82. The molecule has 1 aliphatic rings. The van der Waals surface area contributed by atoms with Gasteiger partial charge in [0.05, 0.1) is 0 Å². The van der Waals surface area contributed by atoms with Crippen molar-refractivity contribution in [1.29, 1.82) is 0 Å². The molecular weight excluding hydrogens is 250 g/mol. The van der Waals surface area contributed by atoms with Crippen LogP contribution >= 0.6 is 0 Å². The maximum atomic E-state index is 12.2. The van der Waals surface area contributed by atoms with Crippen LogP contribution < -0.4 is 10.6 Å². The summed E-state index contributed by atoms with van der Waals surface area (Å²) < 4.78 is 0. The van der Waals surface area contributed by atoms with E-state index in [-0.39, 0.29) is 11.9 Å². The third kappa shape index (κ3) is 3.97. The van der Waals surface area contributed by atoms with Gasteiger partial charge in [0, 0.05) is 30.4 Å². The van der Waals surface area contributed by atoms with Crippen LogP contribution in [0, 0.1) is 0 Å². The van der Waals surface area contributed by atoms with Gasteiger partial charge in [-0.3, -0.25) is 4.79 Å². The van der Waals surface area contributed by atoms with Crippen molar-refractivity contribution in [3.8, 4) is 0 Å². The molecule has 1 aromatic carbocycles. The predicted octanol–water partition coefficient (Wildman–Crippen LogP) is 2.33. The maximum Gasteiger partial charge on any atom is 0.251 e. The molecule has 1 aliphatic heterocycles. The minimum Gasteiger partial charge on any atom is -0.385 e. The van der Waals surface area contributed by atoms with Crippen molar-refractivity contribution in [2.24, 2.45) is 0 Å². The normalized spacial score (nSPS) is 19.6. The second-order valence-electron chi connectivity index (χ2n) is 5.31. The summed E-state index contributed by atoms with van der Waals surface area (Å²) in [5.41, 5.74) is 1.79. The van der Waals surface area contributed by atoms with Crippen molar-refractivity contribution in [3.05, 3.63) is 29.8 Å². The van der Waals surface area contributed by atoms with Crippen LogP contribution in [-0.4, -0.2) is 43.0 Å². The lowest BCUT2D eigenvalue weighted by Gasteiger charge is -2.32. The number of hydrogen-bond acceptors (Lipinski definition) is 3. The van der Waals surface area contributed by atoms with E-state index in [1.54, 1.807) is 0 Å². The van der Waals surface area contributed by atoms with Gasteiger partial charge >= 0.3 is 0 Å². The van der Waals surface area contributed by atoms with E-state index in [4.69, 9.17) is 0 Å². The first-order valence-electron chi connectivity index (χ1n) is 7.60. The molecule has 1 atom stereocenters. The van der Waals surface area contributed by atoms with E-state index < -0.39 is 0 Å². The van der Waals surface area contributed by atoms with Crippen molar-refractivity contribution in [2.45, 2.75) is 32.7 Å². The van der Waals surface area contributed by atoms with Crippen LogP contribution in [0.4, 0.5) is 5.69 Å². The van der Waals surface area contributed by atoms with E-state index in [0.717, 1.165) is 50.3 Å². The van der Waals surface area contributed by atoms with Crippen molar-refractivity contribution in [2.75, 3.05) is 31.5 Å². The quantitative estimate of drug-likeness (QED) is 0.867. The molecule has 0 radical (unpaired) electrons. The van der Waals surface area contributed by atoms with Gasteiger partial charge in [0.2, 0.25) is 0 Å². The lowest BCUT2D eigenvalue weighted by molar-refractivity contribution is 0.0906. The molecule has 1 amide bonds. The summed E-state index contributed by atoms with van der Waals surface area (Å²) in [6.07, 6.45) is 2.25. The number of nitrogens with zero attached hydrogens (tertiary/aromatic N) is 1.